The van der Waals surface area contributed by atoms with E-state index in [2.05, 4.69) is 31.5 Å². The average molecular weight is 368 g/mol. The maximum absolute atomic E-state index is 12.3. The largest absolute Gasteiger partial charge is 0.340 e. The quantitative estimate of drug-likeness (QED) is 0.693. The van der Waals surface area contributed by atoms with Gasteiger partial charge in [0.1, 0.15) is 5.82 Å². The second kappa shape index (κ2) is 7.07. The van der Waals surface area contributed by atoms with E-state index in [0.29, 0.717) is 11.4 Å². The number of nitrogens with zero attached hydrogens (tertiary/aromatic N) is 1. The Kier molecular flexibility index (Phi) is 4.68. The molecule has 0 radical (unpaired) electrons. The smallest absolute Gasteiger partial charge is 0.255 e. The lowest BCUT2D eigenvalue weighted by atomic mass is 10.2. The van der Waals surface area contributed by atoms with Gasteiger partial charge >= 0.3 is 0 Å². The molecule has 114 valence electrons. The standard InChI is InChI=1S/C18H14BrN3O/c19-14-5-4-8-16(12-14)21-17-11-13(9-10-20-17)18(23)22-15-6-2-1-3-7-15/h1-12H,(H,20,21)(H,22,23). The SMILES string of the molecule is O=C(Nc1ccccc1)c1ccnc(Nc2cccc(Br)c2)c1. The molecule has 4 nitrogen and oxygen atoms in total. The lowest BCUT2D eigenvalue weighted by Crippen LogP contribution is -2.12. The van der Waals surface area contributed by atoms with Crippen LogP contribution in [0.1, 0.15) is 10.4 Å². The van der Waals surface area contributed by atoms with Crippen molar-refractivity contribution in [1.29, 1.82) is 0 Å². The Morgan fingerprint density at radius 3 is 2.48 bits per heavy atom. The van der Waals surface area contributed by atoms with Crippen LogP contribution in [-0.2, 0) is 0 Å². The van der Waals surface area contributed by atoms with Gasteiger partial charge in [-0.1, -0.05) is 40.2 Å². The van der Waals surface area contributed by atoms with E-state index in [0.717, 1.165) is 15.8 Å². The highest BCUT2D eigenvalue weighted by Crippen LogP contribution is 2.20. The van der Waals surface area contributed by atoms with Crippen LogP contribution in [0.15, 0.2) is 77.4 Å². The molecule has 0 bridgehead atoms. The highest BCUT2D eigenvalue weighted by atomic mass is 79.9. The van der Waals surface area contributed by atoms with E-state index < -0.39 is 0 Å². The number of aromatic nitrogens is 1. The van der Waals surface area contributed by atoms with Crippen LogP contribution in [0.3, 0.4) is 0 Å². The summed E-state index contributed by atoms with van der Waals surface area (Å²) in [4.78, 5) is 16.5. The molecule has 1 aromatic heterocycles. The predicted molar refractivity (Wildman–Crippen MR) is 96.1 cm³/mol. The van der Waals surface area contributed by atoms with Crippen LogP contribution in [0, 0.1) is 0 Å². The van der Waals surface area contributed by atoms with Gasteiger partial charge in [-0.15, -0.1) is 0 Å². The fourth-order valence-corrected chi connectivity index (χ4v) is 2.48. The lowest BCUT2D eigenvalue weighted by Gasteiger charge is -2.08. The van der Waals surface area contributed by atoms with Crippen LogP contribution in [0.2, 0.25) is 0 Å². The van der Waals surface area contributed by atoms with E-state index in [9.17, 15) is 4.79 Å². The molecule has 0 fully saturated rings. The summed E-state index contributed by atoms with van der Waals surface area (Å²) >= 11 is 3.43. The van der Waals surface area contributed by atoms with E-state index >= 15 is 0 Å². The third-order valence-electron chi connectivity index (χ3n) is 3.15. The van der Waals surface area contributed by atoms with Crippen LogP contribution in [0.5, 0.6) is 0 Å². The minimum atomic E-state index is -0.170. The van der Waals surface area contributed by atoms with Crippen molar-refractivity contribution in [2.75, 3.05) is 10.6 Å². The molecule has 3 rings (SSSR count). The number of para-hydroxylation sites is 1. The first kappa shape index (κ1) is 15.2. The zero-order valence-electron chi connectivity index (χ0n) is 12.2. The summed E-state index contributed by atoms with van der Waals surface area (Å²) in [7, 11) is 0. The van der Waals surface area contributed by atoms with Crippen LogP contribution in [0.4, 0.5) is 17.2 Å². The van der Waals surface area contributed by atoms with Crippen molar-refractivity contribution in [3.05, 3.63) is 83.0 Å². The van der Waals surface area contributed by atoms with Gasteiger partial charge in [-0.3, -0.25) is 4.79 Å². The van der Waals surface area contributed by atoms with Crippen molar-refractivity contribution in [1.82, 2.24) is 4.98 Å². The van der Waals surface area contributed by atoms with Gasteiger partial charge in [0.05, 0.1) is 0 Å². The van der Waals surface area contributed by atoms with E-state index in [1.807, 2.05) is 54.6 Å². The molecule has 0 saturated heterocycles. The Morgan fingerprint density at radius 1 is 0.913 bits per heavy atom. The summed E-state index contributed by atoms with van der Waals surface area (Å²) < 4.78 is 0.973. The Labute approximate surface area is 142 Å². The van der Waals surface area contributed by atoms with Crippen molar-refractivity contribution >= 4 is 39.0 Å². The minimum Gasteiger partial charge on any atom is -0.340 e. The highest BCUT2D eigenvalue weighted by molar-refractivity contribution is 9.10. The number of anilines is 3. The summed E-state index contributed by atoms with van der Waals surface area (Å²) in [6.07, 6.45) is 1.61. The van der Waals surface area contributed by atoms with E-state index in [4.69, 9.17) is 0 Å². The zero-order valence-corrected chi connectivity index (χ0v) is 13.7. The topological polar surface area (TPSA) is 54.0 Å². The molecule has 0 aliphatic carbocycles. The molecule has 0 saturated carbocycles. The molecule has 0 spiro atoms. The number of nitrogens with one attached hydrogen (secondary N) is 2. The number of benzene rings is 2. The second-order valence-electron chi connectivity index (χ2n) is 4.89. The summed E-state index contributed by atoms with van der Waals surface area (Å²) in [6, 6.07) is 20.5. The molecule has 1 heterocycles. The summed E-state index contributed by atoms with van der Waals surface area (Å²) in [5.41, 5.74) is 2.20. The van der Waals surface area contributed by atoms with Gasteiger partial charge in [-0.25, -0.2) is 4.98 Å². The van der Waals surface area contributed by atoms with Gasteiger partial charge in [0.2, 0.25) is 0 Å². The third-order valence-corrected chi connectivity index (χ3v) is 3.64. The van der Waals surface area contributed by atoms with E-state index in [1.165, 1.54) is 0 Å². The Balaban J connectivity index is 1.75. The Bertz CT molecular complexity index is 821. The number of hydrogen-bond acceptors (Lipinski definition) is 3. The van der Waals surface area contributed by atoms with E-state index in [-0.39, 0.29) is 5.91 Å². The van der Waals surface area contributed by atoms with Gasteiger partial charge in [0.25, 0.3) is 5.91 Å². The number of halogens is 1. The molecular weight excluding hydrogens is 354 g/mol. The maximum Gasteiger partial charge on any atom is 0.255 e. The summed E-state index contributed by atoms with van der Waals surface area (Å²) in [6.45, 7) is 0. The number of amides is 1. The number of hydrogen-bond donors (Lipinski definition) is 2. The van der Waals surface area contributed by atoms with Gasteiger partial charge < -0.3 is 10.6 Å². The first-order chi connectivity index (χ1) is 11.2. The first-order valence-corrected chi connectivity index (χ1v) is 7.85. The molecule has 0 aliphatic rings. The third kappa shape index (κ3) is 4.17. The number of carbonyl (C=O) groups is 1. The minimum absolute atomic E-state index is 0.170. The van der Waals surface area contributed by atoms with Gasteiger partial charge in [0.15, 0.2) is 0 Å². The van der Waals surface area contributed by atoms with Crippen LogP contribution < -0.4 is 10.6 Å². The van der Waals surface area contributed by atoms with Crippen molar-refractivity contribution in [3.8, 4) is 0 Å². The van der Waals surface area contributed by atoms with Crippen molar-refractivity contribution in [2.45, 2.75) is 0 Å². The molecule has 23 heavy (non-hydrogen) atoms. The molecule has 2 aromatic carbocycles. The summed E-state index contributed by atoms with van der Waals surface area (Å²) in [5.74, 6) is 0.444. The molecule has 3 aromatic rings. The lowest BCUT2D eigenvalue weighted by molar-refractivity contribution is 0.102. The molecule has 0 atom stereocenters. The first-order valence-electron chi connectivity index (χ1n) is 7.06. The van der Waals surface area contributed by atoms with Crippen LogP contribution in [0.25, 0.3) is 0 Å². The molecular formula is C18H14BrN3O. The molecule has 2 N–H and O–H groups in total. The van der Waals surface area contributed by atoms with Crippen molar-refractivity contribution in [3.63, 3.8) is 0 Å². The van der Waals surface area contributed by atoms with Crippen molar-refractivity contribution < 1.29 is 4.79 Å². The fraction of sp³-hybridized carbons (Fsp3) is 0. The predicted octanol–water partition coefficient (Wildman–Crippen LogP) is 4.84. The average Bonchev–Trinajstić information content (AvgIpc) is 2.56. The van der Waals surface area contributed by atoms with Gasteiger partial charge in [-0.05, 0) is 42.5 Å². The van der Waals surface area contributed by atoms with Crippen LogP contribution in [-0.4, -0.2) is 10.9 Å². The monoisotopic (exact) mass is 367 g/mol. The van der Waals surface area contributed by atoms with Gasteiger partial charge in [0, 0.05) is 27.6 Å². The van der Waals surface area contributed by atoms with Gasteiger partial charge in [-0.2, -0.15) is 0 Å². The Morgan fingerprint density at radius 2 is 1.70 bits per heavy atom. The molecule has 1 amide bonds. The molecule has 0 aliphatic heterocycles. The normalized spacial score (nSPS) is 10.1. The van der Waals surface area contributed by atoms with Crippen molar-refractivity contribution in [2.24, 2.45) is 0 Å². The highest BCUT2D eigenvalue weighted by Gasteiger charge is 2.07. The zero-order chi connectivity index (χ0) is 16.1. The number of rotatable bonds is 4. The second-order valence-corrected chi connectivity index (χ2v) is 5.80. The molecule has 0 unspecified atom stereocenters. The number of carbonyl (C=O) groups excluding carboxylic acids is 1. The fourth-order valence-electron chi connectivity index (χ4n) is 2.08. The van der Waals surface area contributed by atoms with Crippen LogP contribution >= 0.6 is 15.9 Å². The maximum atomic E-state index is 12.3. The molecule has 5 heteroatoms. The Hall–Kier alpha value is -2.66. The summed E-state index contributed by atoms with van der Waals surface area (Å²) in [5, 5.41) is 6.04. The van der Waals surface area contributed by atoms with E-state index in [1.54, 1.807) is 18.3 Å². The number of pyridine rings is 1.